The lowest BCUT2D eigenvalue weighted by molar-refractivity contribution is -0.183. The number of halogens is 3. The van der Waals surface area contributed by atoms with Gasteiger partial charge in [-0.3, -0.25) is 4.90 Å². The zero-order valence-corrected chi connectivity index (χ0v) is 11.3. The summed E-state index contributed by atoms with van der Waals surface area (Å²) in [6, 6.07) is 0. The monoisotopic (exact) mass is 275 g/mol. The van der Waals surface area contributed by atoms with Gasteiger partial charge in [-0.05, 0) is 20.8 Å². The van der Waals surface area contributed by atoms with Crippen molar-refractivity contribution in [3.05, 3.63) is 0 Å². The summed E-state index contributed by atoms with van der Waals surface area (Å²) in [5.74, 6) is 0. The van der Waals surface area contributed by atoms with Crippen LogP contribution in [0.3, 0.4) is 0 Å². The second kappa shape index (κ2) is 4.55. The molecular formula is C9H16Cl3NO2. The maximum atomic E-state index is 9.37. The average molecular weight is 277 g/mol. The highest BCUT2D eigenvalue weighted by atomic mass is 35.6. The van der Waals surface area contributed by atoms with Crippen LogP contribution in [0.25, 0.3) is 0 Å². The molecule has 1 heterocycles. The number of hydrogen-bond donors (Lipinski definition) is 1. The lowest BCUT2D eigenvalue weighted by atomic mass is 9.99. The molecule has 1 unspecified atom stereocenters. The molecular weight excluding hydrogens is 260 g/mol. The summed E-state index contributed by atoms with van der Waals surface area (Å²) in [6.45, 7) is 7.86. The highest BCUT2D eigenvalue weighted by molar-refractivity contribution is 6.67. The van der Waals surface area contributed by atoms with Gasteiger partial charge in [0.15, 0.2) is 0 Å². The molecule has 0 spiro atoms. The van der Waals surface area contributed by atoms with Crippen molar-refractivity contribution in [3.8, 4) is 0 Å². The molecule has 0 aromatic carbocycles. The van der Waals surface area contributed by atoms with E-state index >= 15 is 0 Å². The van der Waals surface area contributed by atoms with Gasteiger partial charge >= 0.3 is 0 Å². The minimum absolute atomic E-state index is 0.0603. The third kappa shape index (κ3) is 3.91. The molecule has 1 saturated heterocycles. The quantitative estimate of drug-likeness (QED) is 0.620. The van der Waals surface area contributed by atoms with E-state index in [-0.39, 0.29) is 11.6 Å². The third-order valence-electron chi connectivity index (χ3n) is 2.40. The molecule has 1 atom stereocenters. The molecule has 1 aliphatic heterocycles. The average Bonchev–Trinajstić information content (AvgIpc) is 1.90. The van der Waals surface area contributed by atoms with E-state index in [1.807, 2.05) is 0 Å². The maximum Gasteiger partial charge on any atom is 0.240 e. The second-order valence-corrected chi connectivity index (χ2v) is 7.10. The molecule has 0 aliphatic carbocycles. The summed E-state index contributed by atoms with van der Waals surface area (Å²) in [6.07, 6.45) is -1.43. The first kappa shape index (κ1) is 13.8. The van der Waals surface area contributed by atoms with Crippen molar-refractivity contribution in [2.24, 2.45) is 0 Å². The summed E-state index contributed by atoms with van der Waals surface area (Å²) in [5, 5.41) is 9.37. The van der Waals surface area contributed by atoms with E-state index in [0.29, 0.717) is 0 Å². The number of hydrogen-bond acceptors (Lipinski definition) is 3. The molecule has 1 aliphatic rings. The Balaban J connectivity index is 2.29. The molecule has 0 aromatic rings. The van der Waals surface area contributed by atoms with Crippen molar-refractivity contribution < 1.29 is 9.84 Å². The predicted octanol–water partition coefficient (Wildman–Crippen LogP) is 2.17. The second-order valence-electron chi connectivity index (χ2n) is 4.73. The van der Waals surface area contributed by atoms with Crippen LogP contribution in [-0.2, 0) is 4.74 Å². The van der Waals surface area contributed by atoms with Gasteiger partial charge in [-0.2, -0.15) is 0 Å². The molecule has 0 radical (unpaired) electrons. The van der Waals surface area contributed by atoms with Gasteiger partial charge in [0.25, 0.3) is 0 Å². The van der Waals surface area contributed by atoms with E-state index in [9.17, 15) is 5.11 Å². The summed E-state index contributed by atoms with van der Waals surface area (Å²) in [7, 11) is 0. The van der Waals surface area contributed by atoms with Crippen LogP contribution >= 0.6 is 34.8 Å². The van der Waals surface area contributed by atoms with E-state index in [1.54, 1.807) is 0 Å². The summed E-state index contributed by atoms with van der Waals surface area (Å²) >= 11 is 16.4. The van der Waals surface area contributed by atoms with E-state index in [1.165, 1.54) is 0 Å². The van der Waals surface area contributed by atoms with Crippen LogP contribution in [0.2, 0.25) is 0 Å². The van der Waals surface area contributed by atoms with Gasteiger partial charge in [0, 0.05) is 18.6 Å². The number of nitrogens with zero attached hydrogens (tertiary/aromatic N) is 1. The Morgan fingerprint density at radius 2 is 1.73 bits per heavy atom. The first-order valence-electron chi connectivity index (χ1n) is 4.76. The Bertz CT molecular complexity index is 218. The number of likely N-dealkylation sites (tertiary alicyclic amines) is 1. The first-order valence-corrected chi connectivity index (χ1v) is 5.89. The maximum absolute atomic E-state index is 9.37. The van der Waals surface area contributed by atoms with Crippen LogP contribution in [0.4, 0.5) is 0 Å². The molecule has 0 saturated carbocycles. The molecule has 1 fully saturated rings. The van der Waals surface area contributed by atoms with Gasteiger partial charge in [-0.1, -0.05) is 34.8 Å². The van der Waals surface area contributed by atoms with Crippen molar-refractivity contribution in [2.75, 3.05) is 13.1 Å². The topological polar surface area (TPSA) is 32.7 Å². The number of rotatable bonds is 2. The van der Waals surface area contributed by atoms with E-state index < -0.39 is 10.1 Å². The van der Waals surface area contributed by atoms with Gasteiger partial charge < -0.3 is 9.84 Å². The van der Waals surface area contributed by atoms with Crippen LogP contribution in [0.5, 0.6) is 0 Å². The highest BCUT2D eigenvalue weighted by Crippen LogP contribution is 2.33. The van der Waals surface area contributed by atoms with Crippen molar-refractivity contribution in [3.63, 3.8) is 0 Å². The van der Waals surface area contributed by atoms with Crippen molar-refractivity contribution >= 4 is 34.8 Å². The van der Waals surface area contributed by atoms with Gasteiger partial charge in [-0.15, -0.1) is 0 Å². The van der Waals surface area contributed by atoms with E-state index in [0.717, 1.165) is 13.1 Å². The summed E-state index contributed by atoms with van der Waals surface area (Å²) in [4.78, 5) is 2.22. The molecule has 0 aromatic heterocycles. The van der Waals surface area contributed by atoms with Crippen molar-refractivity contribution in [2.45, 2.75) is 42.5 Å². The summed E-state index contributed by atoms with van der Waals surface area (Å²) in [5.41, 5.74) is 0.116. The van der Waals surface area contributed by atoms with Gasteiger partial charge in [0.1, 0.15) is 0 Å². The molecule has 1 N–H and O–H groups in total. The number of ether oxygens (including phenoxy) is 1. The van der Waals surface area contributed by atoms with Crippen LogP contribution in [-0.4, -0.2) is 44.8 Å². The Morgan fingerprint density at radius 3 is 2.07 bits per heavy atom. The zero-order valence-electron chi connectivity index (χ0n) is 9.01. The molecule has 3 nitrogen and oxygen atoms in total. The Kier molecular flexibility index (Phi) is 4.19. The SMILES string of the molecule is CC(C)(C)N1CC(OC(O)C(Cl)(Cl)Cl)C1. The Labute approximate surface area is 105 Å². The molecule has 0 amide bonds. The Morgan fingerprint density at radius 1 is 1.27 bits per heavy atom. The van der Waals surface area contributed by atoms with Crippen LogP contribution in [0, 0.1) is 0 Å². The third-order valence-corrected chi connectivity index (χ3v) is 2.96. The fourth-order valence-corrected chi connectivity index (χ4v) is 1.49. The zero-order chi connectivity index (χ0) is 11.9. The highest BCUT2D eigenvalue weighted by Gasteiger charge is 2.40. The number of aliphatic hydroxyl groups excluding tert-OH is 1. The number of aliphatic hydroxyl groups is 1. The molecule has 6 heteroatoms. The first-order chi connectivity index (χ1) is 6.60. The molecule has 90 valence electrons. The normalized spacial score (nSPS) is 22.6. The largest absolute Gasteiger partial charge is 0.365 e. The van der Waals surface area contributed by atoms with Crippen molar-refractivity contribution in [1.29, 1.82) is 0 Å². The molecule has 15 heavy (non-hydrogen) atoms. The minimum Gasteiger partial charge on any atom is -0.365 e. The standard InChI is InChI=1S/C9H16Cl3NO2/c1-8(2,3)13-4-6(5-13)15-7(14)9(10,11)12/h6-7,14H,4-5H2,1-3H3. The van der Waals surface area contributed by atoms with Crippen molar-refractivity contribution in [1.82, 2.24) is 4.90 Å². The fraction of sp³-hybridized carbons (Fsp3) is 1.00. The van der Waals surface area contributed by atoms with Crippen LogP contribution < -0.4 is 0 Å². The van der Waals surface area contributed by atoms with Crippen LogP contribution in [0.1, 0.15) is 20.8 Å². The smallest absolute Gasteiger partial charge is 0.240 e. The van der Waals surface area contributed by atoms with E-state index in [4.69, 9.17) is 39.5 Å². The van der Waals surface area contributed by atoms with E-state index in [2.05, 4.69) is 25.7 Å². The number of alkyl halides is 3. The molecule has 0 bridgehead atoms. The Hall–Kier alpha value is 0.750. The lowest BCUT2D eigenvalue weighted by Gasteiger charge is -2.48. The van der Waals surface area contributed by atoms with Gasteiger partial charge in [-0.25, -0.2) is 0 Å². The summed E-state index contributed by atoms with van der Waals surface area (Å²) < 4.78 is 3.42. The van der Waals surface area contributed by atoms with Gasteiger partial charge in [0.2, 0.25) is 10.1 Å². The lowest BCUT2D eigenvalue weighted by Crippen LogP contribution is -2.60. The fourth-order valence-electron chi connectivity index (χ4n) is 1.33. The van der Waals surface area contributed by atoms with Crippen LogP contribution in [0.15, 0.2) is 0 Å². The van der Waals surface area contributed by atoms with Gasteiger partial charge in [0.05, 0.1) is 6.10 Å². The predicted molar refractivity (Wildman–Crippen MR) is 62.5 cm³/mol. The molecule has 1 rings (SSSR count). The minimum atomic E-state index is -1.78.